The zero-order chi connectivity index (χ0) is 19.9. The Morgan fingerprint density at radius 3 is 2.04 bits per heavy atom. The molecular formula is C17H10F5N3O2. The first-order valence-electron chi connectivity index (χ1n) is 7.60. The van der Waals surface area contributed by atoms with Gasteiger partial charge in [-0.3, -0.25) is 9.59 Å². The third-order valence-electron chi connectivity index (χ3n) is 3.83. The molecule has 3 rings (SSSR count). The molecule has 0 fully saturated rings. The molecule has 0 aliphatic carbocycles. The number of hydrogen-bond acceptors (Lipinski definition) is 3. The fourth-order valence-corrected chi connectivity index (χ4v) is 2.50. The molecule has 27 heavy (non-hydrogen) atoms. The largest absolute Gasteiger partial charge is 0.315 e. The van der Waals surface area contributed by atoms with E-state index in [0.717, 1.165) is 4.68 Å². The van der Waals surface area contributed by atoms with E-state index in [0.29, 0.717) is 0 Å². The molecule has 0 bridgehead atoms. The van der Waals surface area contributed by atoms with Crippen LogP contribution >= 0.6 is 0 Å². The lowest BCUT2D eigenvalue weighted by Crippen LogP contribution is -2.27. The zero-order valence-electron chi connectivity index (χ0n) is 13.6. The van der Waals surface area contributed by atoms with Gasteiger partial charge in [-0.2, -0.15) is 5.10 Å². The van der Waals surface area contributed by atoms with Gasteiger partial charge in [-0.25, -0.2) is 26.6 Å². The van der Waals surface area contributed by atoms with Gasteiger partial charge in [0.05, 0.1) is 5.39 Å². The van der Waals surface area contributed by atoms with Crippen molar-refractivity contribution in [2.45, 2.75) is 13.5 Å². The Morgan fingerprint density at radius 2 is 1.48 bits per heavy atom. The second kappa shape index (κ2) is 6.78. The number of hydrogen-bond donors (Lipinski definition) is 1. The number of halogens is 5. The summed E-state index contributed by atoms with van der Waals surface area (Å²) in [6.07, 6.45) is 0. The predicted octanol–water partition coefficient (Wildman–Crippen LogP) is 3.36. The highest BCUT2D eigenvalue weighted by Gasteiger charge is 2.28. The van der Waals surface area contributed by atoms with Gasteiger partial charge in [0, 0.05) is 11.9 Å². The normalized spacial score (nSPS) is 11.0. The van der Waals surface area contributed by atoms with Crippen molar-refractivity contribution >= 4 is 22.4 Å². The third-order valence-corrected chi connectivity index (χ3v) is 3.83. The smallest absolute Gasteiger partial charge is 0.276 e. The fraction of sp³-hybridized carbons (Fsp3) is 0.118. The number of aryl methyl sites for hydroxylation is 1. The molecule has 140 valence electrons. The summed E-state index contributed by atoms with van der Waals surface area (Å²) in [4.78, 5) is 24.7. The van der Waals surface area contributed by atoms with Gasteiger partial charge in [-0.1, -0.05) is 18.2 Å². The van der Waals surface area contributed by atoms with Crippen molar-refractivity contribution in [2.24, 2.45) is 0 Å². The molecule has 1 N–H and O–H groups in total. The quantitative estimate of drug-likeness (QED) is 0.429. The summed E-state index contributed by atoms with van der Waals surface area (Å²) < 4.78 is 68.3. The van der Waals surface area contributed by atoms with Crippen molar-refractivity contribution in [3.63, 3.8) is 0 Å². The maximum absolute atomic E-state index is 13.8. The Hall–Kier alpha value is -3.30. The Labute approximate surface area is 148 Å². The van der Waals surface area contributed by atoms with Crippen LogP contribution in [0.15, 0.2) is 29.1 Å². The Morgan fingerprint density at radius 1 is 0.963 bits per heavy atom. The van der Waals surface area contributed by atoms with E-state index in [1.807, 2.05) is 0 Å². The van der Waals surface area contributed by atoms with Crippen LogP contribution in [0.1, 0.15) is 17.4 Å². The van der Waals surface area contributed by atoms with Gasteiger partial charge in [-0.15, -0.1) is 0 Å². The van der Waals surface area contributed by atoms with Gasteiger partial charge in [-0.05, 0) is 13.0 Å². The monoisotopic (exact) mass is 383 g/mol. The number of carbonyl (C=O) groups excluding carboxylic acids is 1. The Balaban J connectivity index is 2.17. The molecular weight excluding hydrogens is 373 g/mol. The number of aromatic nitrogens is 2. The maximum atomic E-state index is 13.8. The molecule has 0 spiro atoms. The molecule has 0 aliphatic heterocycles. The minimum Gasteiger partial charge on any atom is -0.315 e. The van der Waals surface area contributed by atoms with Crippen molar-refractivity contribution in [3.8, 4) is 0 Å². The summed E-state index contributed by atoms with van der Waals surface area (Å²) in [6.45, 7) is 1.67. The van der Waals surface area contributed by atoms with Crippen molar-refractivity contribution in [2.75, 3.05) is 5.32 Å². The lowest BCUT2D eigenvalue weighted by atomic mass is 10.1. The Bertz CT molecular complexity index is 1110. The van der Waals surface area contributed by atoms with Crippen LogP contribution in [0.3, 0.4) is 0 Å². The highest BCUT2D eigenvalue weighted by molar-refractivity contribution is 6.11. The maximum Gasteiger partial charge on any atom is 0.276 e. The first-order chi connectivity index (χ1) is 12.8. The van der Waals surface area contributed by atoms with Crippen LogP contribution in [0.4, 0.5) is 27.6 Å². The Kier molecular flexibility index (Phi) is 4.64. The topological polar surface area (TPSA) is 64.0 Å². The summed E-state index contributed by atoms with van der Waals surface area (Å²) in [5.74, 6) is -12.3. The van der Waals surface area contributed by atoms with Gasteiger partial charge < -0.3 is 5.32 Å². The average molecular weight is 383 g/mol. The van der Waals surface area contributed by atoms with Crippen LogP contribution in [0, 0.1) is 29.1 Å². The standard InChI is InChI=1S/C17H10F5N3O2/c1-2-25-17(27)8-6-4-3-5-7(8)14(24-25)16(26)23-15-12(21)10(19)9(18)11(20)13(15)22/h3-6H,2H2,1H3,(H,23,26). The fourth-order valence-electron chi connectivity index (χ4n) is 2.50. The third kappa shape index (κ3) is 2.92. The van der Waals surface area contributed by atoms with E-state index in [-0.39, 0.29) is 17.3 Å². The number of anilines is 1. The molecule has 3 aromatic rings. The van der Waals surface area contributed by atoms with Gasteiger partial charge in [0.25, 0.3) is 11.5 Å². The molecule has 1 amide bonds. The minimum absolute atomic E-state index is 0.0635. The van der Waals surface area contributed by atoms with Crippen molar-refractivity contribution in [3.05, 3.63) is 69.4 Å². The van der Waals surface area contributed by atoms with Crippen LogP contribution in [0.25, 0.3) is 10.8 Å². The molecule has 10 heteroatoms. The van der Waals surface area contributed by atoms with E-state index in [9.17, 15) is 31.5 Å². The zero-order valence-corrected chi connectivity index (χ0v) is 13.6. The number of carbonyl (C=O) groups is 1. The minimum atomic E-state index is -2.34. The molecule has 0 saturated heterocycles. The van der Waals surface area contributed by atoms with Crippen LogP contribution in [0.5, 0.6) is 0 Å². The average Bonchev–Trinajstić information content (AvgIpc) is 2.68. The second-order valence-electron chi connectivity index (χ2n) is 5.41. The molecule has 5 nitrogen and oxygen atoms in total. The summed E-state index contributed by atoms with van der Waals surface area (Å²) >= 11 is 0. The second-order valence-corrected chi connectivity index (χ2v) is 5.41. The van der Waals surface area contributed by atoms with Crippen molar-refractivity contribution in [1.29, 1.82) is 0 Å². The molecule has 2 aromatic carbocycles. The van der Waals surface area contributed by atoms with E-state index in [4.69, 9.17) is 0 Å². The van der Waals surface area contributed by atoms with Crippen LogP contribution in [-0.2, 0) is 6.54 Å². The van der Waals surface area contributed by atoms with Gasteiger partial charge in [0.2, 0.25) is 5.82 Å². The van der Waals surface area contributed by atoms with E-state index in [1.165, 1.54) is 24.3 Å². The van der Waals surface area contributed by atoms with Gasteiger partial charge >= 0.3 is 0 Å². The van der Waals surface area contributed by atoms with E-state index in [2.05, 4.69) is 5.10 Å². The van der Waals surface area contributed by atoms with E-state index >= 15 is 0 Å². The highest BCUT2D eigenvalue weighted by Crippen LogP contribution is 2.27. The first-order valence-corrected chi connectivity index (χ1v) is 7.60. The number of amides is 1. The van der Waals surface area contributed by atoms with Gasteiger partial charge in [0.1, 0.15) is 5.69 Å². The number of fused-ring (bicyclic) bond motifs is 1. The molecule has 0 saturated carbocycles. The van der Waals surface area contributed by atoms with Crippen molar-refractivity contribution in [1.82, 2.24) is 9.78 Å². The molecule has 1 heterocycles. The molecule has 0 aliphatic rings. The molecule has 0 atom stereocenters. The van der Waals surface area contributed by atoms with Crippen LogP contribution in [-0.4, -0.2) is 15.7 Å². The number of nitrogens with one attached hydrogen (secondary N) is 1. The van der Waals surface area contributed by atoms with E-state index < -0.39 is 51.9 Å². The number of benzene rings is 2. The van der Waals surface area contributed by atoms with Crippen LogP contribution in [0.2, 0.25) is 0 Å². The molecule has 1 aromatic heterocycles. The lowest BCUT2D eigenvalue weighted by molar-refractivity contribution is 0.102. The van der Waals surface area contributed by atoms with E-state index in [1.54, 1.807) is 12.2 Å². The lowest BCUT2D eigenvalue weighted by Gasteiger charge is -2.12. The summed E-state index contributed by atoms with van der Waals surface area (Å²) in [6, 6.07) is 5.82. The first kappa shape index (κ1) is 18.5. The summed E-state index contributed by atoms with van der Waals surface area (Å²) in [5, 5.41) is 5.65. The number of rotatable bonds is 3. The molecule has 0 radical (unpaired) electrons. The highest BCUT2D eigenvalue weighted by atomic mass is 19.2. The molecule has 0 unspecified atom stereocenters. The van der Waals surface area contributed by atoms with Crippen LogP contribution < -0.4 is 10.9 Å². The summed E-state index contributed by atoms with van der Waals surface area (Å²) in [5.41, 5.74) is -2.41. The SMILES string of the molecule is CCn1nc(C(=O)Nc2c(F)c(F)c(F)c(F)c2F)c2ccccc2c1=O. The predicted molar refractivity (Wildman–Crippen MR) is 85.9 cm³/mol. The summed E-state index contributed by atoms with van der Waals surface area (Å²) in [7, 11) is 0. The number of nitrogens with zero attached hydrogens (tertiary/aromatic N) is 2. The van der Waals surface area contributed by atoms with Gasteiger partial charge in [0.15, 0.2) is 29.0 Å². The van der Waals surface area contributed by atoms with Crippen molar-refractivity contribution < 1.29 is 26.7 Å².